The van der Waals surface area contributed by atoms with Crippen molar-refractivity contribution in [1.29, 1.82) is 0 Å². The van der Waals surface area contributed by atoms with Gasteiger partial charge in [-0.1, -0.05) is 6.92 Å². The van der Waals surface area contributed by atoms with Gasteiger partial charge in [-0.15, -0.1) is 0 Å². The van der Waals surface area contributed by atoms with E-state index in [0.717, 1.165) is 38.5 Å². The van der Waals surface area contributed by atoms with Crippen LogP contribution in [0, 0.1) is 35.0 Å². The highest BCUT2D eigenvalue weighted by Crippen LogP contribution is 2.78. The molecular weight excluding hydrogens is 304 g/mol. The second-order valence-electron chi connectivity index (χ2n) is 8.96. The van der Waals surface area contributed by atoms with Crippen molar-refractivity contribution in [3.63, 3.8) is 0 Å². The molecule has 0 amide bonds. The Morgan fingerprint density at radius 3 is 1.74 bits per heavy atom. The molecule has 7 rings (SSSR count). The molecule has 23 heavy (non-hydrogen) atoms. The van der Waals surface area contributed by atoms with E-state index in [1.54, 1.807) is 0 Å². The molecule has 4 unspecified atom stereocenters. The summed E-state index contributed by atoms with van der Waals surface area (Å²) in [6, 6.07) is 0. The van der Waals surface area contributed by atoms with Crippen LogP contribution in [0.2, 0.25) is 0 Å². The normalized spacial score (nSPS) is 58.8. The van der Waals surface area contributed by atoms with Crippen LogP contribution < -0.4 is 0 Å². The zero-order valence-electron chi connectivity index (χ0n) is 13.1. The van der Waals surface area contributed by atoms with Gasteiger partial charge < -0.3 is 0 Å². The largest absolute Gasteiger partial charge is 0.266 e. The Bertz CT molecular complexity index is 516. The monoisotopic (exact) mass is 328 g/mol. The van der Waals surface area contributed by atoms with Crippen LogP contribution >= 0.6 is 0 Å². The molecular formula is C15H24N2O6. The lowest BCUT2D eigenvalue weighted by molar-refractivity contribution is -0.550. The van der Waals surface area contributed by atoms with Crippen LogP contribution in [-0.2, 0) is 9.68 Å². The van der Waals surface area contributed by atoms with E-state index in [2.05, 4.69) is 6.92 Å². The summed E-state index contributed by atoms with van der Waals surface area (Å²) in [6.07, 6.45) is 5.03. The molecule has 7 aliphatic rings. The van der Waals surface area contributed by atoms with Gasteiger partial charge >= 0.3 is 0 Å². The molecule has 130 valence electrons. The molecule has 8 bridgehead atoms. The van der Waals surface area contributed by atoms with Crippen molar-refractivity contribution in [3.8, 4) is 0 Å². The van der Waals surface area contributed by atoms with E-state index in [4.69, 9.17) is 9.68 Å². The Morgan fingerprint density at radius 2 is 1.22 bits per heavy atom. The second-order valence-corrected chi connectivity index (χ2v) is 8.96. The lowest BCUT2D eigenvalue weighted by Crippen LogP contribution is -2.75. The summed E-state index contributed by atoms with van der Waals surface area (Å²) in [5.74, 6) is 2.43. The number of hydrogen-bond donors (Lipinski definition) is 4. The molecule has 7 fully saturated rings. The lowest BCUT2D eigenvalue weighted by Gasteiger charge is -2.77. The van der Waals surface area contributed by atoms with E-state index in [0.29, 0.717) is 29.6 Å². The Kier molecular flexibility index (Phi) is 2.77. The molecule has 0 heterocycles. The highest BCUT2D eigenvalue weighted by molar-refractivity contribution is 5.24. The fraction of sp³-hybridized carbons (Fsp3) is 1.00. The van der Waals surface area contributed by atoms with Crippen molar-refractivity contribution in [2.75, 3.05) is 0 Å². The summed E-state index contributed by atoms with van der Waals surface area (Å²) < 4.78 is 0. The Labute approximate surface area is 133 Å². The molecule has 0 aromatic heterocycles. The van der Waals surface area contributed by atoms with Crippen LogP contribution in [0.25, 0.3) is 0 Å². The molecule has 0 saturated heterocycles. The first-order valence-electron chi connectivity index (χ1n) is 8.50. The molecule has 7 aliphatic carbocycles. The fourth-order valence-electron chi connectivity index (χ4n) is 7.92. The van der Waals surface area contributed by atoms with Gasteiger partial charge in [0.15, 0.2) is 0 Å². The molecule has 0 aromatic carbocycles. The van der Waals surface area contributed by atoms with Gasteiger partial charge in [0.2, 0.25) is 0 Å². The van der Waals surface area contributed by atoms with Crippen molar-refractivity contribution >= 4 is 0 Å². The number of hydrogen-bond acceptors (Lipinski definition) is 8. The zero-order valence-corrected chi connectivity index (χ0v) is 13.1. The van der Waals surface area contributed by atoms with E-state index in [1.807, 2.05) is 0 Å². The molecule has 8 nitrogen and oxygen atoms in total. The van der Waals surface area contributed by atoms with Crippen molar-refractivity contribution in [1.82, 2.24) is 10.8 Å². The van der Waals surface area contributed by atoms with Gasteiger partial charge in [-0.05, 0) is 73.5 Å². The summed E-state index contributed by atoms with van der Waals surface area (Å²) in [5, 5.41) is 36.6. The average molecular weight is 328 g/mol. The first kappa shape index (κ1) is 15.0. The summed E-state index contributed by atoms with van der Waals surface area (Å²) in [7, 11) is 0. The summed E-state index contributed by atoms with van der Waals surface area (Å²) in [4.78, 5) is 10.9. The zero-order chi connectivity index (χ0) is 16.2. The molecule has 0 aliphatic heterocycles. The minimum atomic E-state index is -0.463. The third-order valence-corrected chi connectivity index (χ3v) is 8.09. The summed E-state index contributed by atoms with van der Waals surface area (Å²) >= 11 is 0. The molecule has 4 atom stereocenters. The van der Waals surface area contributed by atoms with Crippen LogP contribution in [0.5, 0.6) is 0 Å². The van der Waals surface area contributed by atoms with Crippen LogP contribution in [0.4, 0.5) is 0 Å². The van der Waals surface area contributed by atoms with Crippen molar-refractivity contribution in [3.05, 3.63) is 0 Å². The minimum absolute atomic E-state index is 0.0986. The predicted octanol–water partition coefficient (Wildman–Crippen LogP) is 1.98. The van der Waals surface area contributed by atoms with Crippen molar-refractivity contribution < 1.29 is 30.5 Å². The Morgan fingerprint density at radius 1 is 0.739 bits per heavy atom. The minimum Gasteiger partial charge on any atom is -0.266 e. The summed E-state index contributed by atoms with van der Waals surface area (Å²) in [5.41, 5.74) is -0.815. The number of rotatable bonds is 4. The second kappa shape index (κ2) is 4.25. The van der Waals surface area contributed by atoms with Crippen LogP contribution in [-0.4, -0.2) is 42.8 Å². The lowest BCUT2D eigenvalue weighted by atomic mass is 9.29. The first-order chi connectivity index (χ1) is 10.8. The molecule has 0 aromatic rings. The van der Waals surface area contributed by atoms with Crippen LogP contribution in [0.1, 0.15) is 45.4 Å². The van der Waals surface area contributed by atoms with E-state index in [1.165, 1.54) is 0 Å². The van der Waals surface area contributed by atoms with Gasteiger partial charge in [0.05, 0.1) is 22.0 Å². The Balaban J connectivity index is 1.52. The van der Waals surface area contributed by atoms with Gasteiger partial charge in [-0.2, -0.15) is 0 Å². The molecule has 0 radical (unpaired) electrons. The third-order valence-electron chi connectivity index (χ3n) is 8.09. The highest BCUT2D eigenvalue weighted by atomic mass is 17.1. The molecule has 7 saturated carbocycles. The maximum Gasteiger partial charge on any atom is 0.0961 e. The molecule has 0 spiro atoms. The standard InChI is InChI=1S/C15H24N2O6/c1-13-7-15(23-17(20)21)3-9-8-2-14(5-11(9)13,22-16(18)19)6-12(13)10(8)4-15/h8-12,18-21H,2-7H2,1H3. The molecule has 8 heteroatoms. The van der Waals surface area contributed by atoms with Crippen molar-refractivity contribution in [2.45, 2.75) is 56.7 Å². The highest BCUT2D eigenvalue weighted by Gasteiger charge is 2.76. The third kappa shape index (κ3) is 1.78. The van der Waals surface area contributed by atoms with E-state index in [9.17, 15) is 20.8 Å². The van der Waals surface area contributed by atoms with Crippen LogP contribution in [0.15, 0.2) is 0 Å². The van der Waals surface area contributed by atoms with Gasteiger partial charge in [0, 0.05) is 0 Å². The van der Waals surface area contributed by atoms with Gasteiger partial charge in [0.1, 0.15) is 0 Å². The van der Waals surface area contributed by atoms with Gasteiger partial charge in [-0.3, -0.25) is 20.8 Å². The van der Waals surface area contributed by atoms with E-state index in [-0.39, 0.29) is 16.2 Å². The smallest absolute Gasteiger partial charge is 0.0961 e. The maximum absolute atomic E-state index is 9.20. The van der Waals surface area contributed by atoms with Gasteiger partial charge in [0.25, 0.3) is 0 Å². The maximum atomic E-state index is 9.20. The SMILES string of the molecule is CC12CC3(ON(O)O)CC4C5CC(ON(O)O)(CC41)CC2C5C3. The number of nitrogens with zero attached hydrogens (tertiary/aromatic N) is 2. The quantitative estimate of drug-likeness (QED) is 0.581. The topological polar surface area (TPSA) is 106 Å². The first-order valence-corrected chi connectivity index (χ1v) is 8.50. The van der Waals surface area contributed by atoms with E-state index >= 15 is 0 Å². The Hall–Kier alpha value is -0.320. The van der Waals surface area contributed by atoms with Gasteiger partial charge in [-0.25, -0.2) is 9.68 Å². The van der Waals surface area contributed by atoms with Crippen LogP contribution in [0.3, 0.4) is 0 Å². The van der Waals surface area contributed by atoms with Crippen molar-refractivity contribution in [2.24, 2.45) is 35.0 Å². The predicted molar refractivity (Wildman–Crippen MR) is 71.7 cm³/mol. The fourth-order valence-corrected chi connectivity index (χ4v) is 7.92. The average Bonchev–Trinajstić information content (AvgIpc) is 2.41. The summed E-state index contributed by atoms with van der Waals surface area (Å²) in [6.45, 7) is 2.30. The molecule has 4 N–H and O–H groups in total. The van der Waals surface area contributed by atoms with E-state index < -0.39 is 11.2 Å².